The monoisotopic (exact) mass is 556 g/mol. The Kier molecular flexibility index (Phi) is 6.48. The number of nitrogens with one attached hydrogen (secondary N) is 1. The van der Waals surface area contributed by atoms with Gasteiger partial charge in [0.05, 0.1) is 17.7 Å². The lowest BCUT2D eigenvalue weighted by atomic mass is 9.48. The van der Waals surface area contributed by atoms with Gasteiger partial charge in [0, 0.05) is 5.56 Å². The quantitative estimate of drug-likeness (QED) is 0.336. The third-order valence-electron chi connectivity index (χ3n) is 8.65. The molecule has 1 aliphatic heterocycles. The average molecular weight is 557 g/mol. The molecule has 10 heteroatoms. The van der Waals surface area contributed by atoms with Crippen molar-refractivity contribution in [2.75, 3.05) is 19.0 Å². The van der Waals surface area contributed by atoms with Crippen molar-refractivity contribution in [2.45, 2.75) is 43.9 Å². The van der Waals surface area contributed by atoms with Crippen LogP contribution in [-0.4, -0.2) is 35.6 Å². The molecule has 3 amide bonds. The maximum atomic E-state index is 13.9. The Balaban J connectivity index is 1.22. The molecule has 1 heterocycles. The molecule has 2 aromatic rings. The molecule has 7 rings (SSSR count). The zero-order valence-electron chi connectivity index (χ0n) is 21.3. The number of thioether (sulfide) groups is 1. The summed E-state index contributed by atoms with van der Waals surface area (Å²) in [5.74, 6) is -3.42. The summed E-state index contributed by atoms with van der Waals surface area (Å²) in [5, 5.41) is 1.42. The molecular formula is C29H27F3N2O4S. The summed E-state index contributed by atoms with van der Waals surface area (Å²) in [6.07, 6.45) is 9.11. The highest BCUT2D eigenvalue weighted by Crippen LogP contribution is 2.61. The normalized spacial score (nSPS) is 28.5. The first-order chi connectivity index (χ1) is 18.7. The number of benzene rings is 2. The molecule has 204 valence electrons. The Morgan fingerprint density at radius 1 is 1.05 bits per heavy atom. The SMILES string of the molecule is COc1ccc(C23CC4CC(CC(C4)C2)C3)cc1/C=C1/SC(=O)N(CC(=O)Nc2ccc(F)c(F)c2F)C1=O. The number of halogens is 3. The van der Waals surface area contributed by atoms with Crippen molar-refractivity contribution < 1.29 is 32.3 Å². The molecule has 4 bridgehead atoms. The van der Waals surface area contributed by atoms with Crippen molar-refractivity contribution in [3.8, 4) is 5.75 Å². The van der Waals surface area contributed by atoms with Crippen molar-refractivity contribution in [1.29, 1.82) is 0 Å². The number of anilines is 1. The number of hydrogen-bond acceptors (Lipinski definition) is 5. The second kappa shape index (κ2) is 9.73. The summed E-state index contributed by atoms with van der Waals surface area (Å²) in [6, 6.07) is 7.63. The first kappa shape index (κ1) is 26.0. The van der Waals surface area contributed by atoms with Crippen molar-refractivity contribution in [1.82, 2.24) is 4.90 Å². The van der Waals surface area contributed by atoms with Crippen LogP contribution in [0.4, 0.5) is 23.7 Å². The van der Waals surface area contributed by atoms with E-state index >= 15 is 0 Å². The predicted octanol–water partition coefficient (Wildman–Crippen LogP) is 6.26. The Morgan fingerprint density at radius 3 is 2.36 bits per heavy atom. The van der Waals surface area contributed by atoms with Crippen LogP contribution in [0.2, 0.25) is 0 Å². The van der Waals surface area contributed by atoms with Gasteiger partial charge in [-0.05, 0) is 109 Å². The number of carbonyl (C=O) groups excluding carboxylic acids is 3. The molecule has 1 N–H and O–H groups in total. The van der Waals surface area contributed by atoms with Crippen molar-refractivity contribution in [3.63, 3.8) is 0 Å². The summed E-state index contributed by atoms with van der Waals surface area (Å²) in [7, 11) is 1.55. The largest absolute Gasteiger partial charge is 0.496 e. The van der Waals surface area contributed by atoms with Crippen LogP contribution in [0.5, 0.6) is 5.75 Å². The van der Waals surface area contributed by atoms with E-state index in [4.69, 9.17) is 4.74 Å². The van der Waals surface area contributed by atoms with Gasteiger partial charge >= 0.3 is 0 Å². The third kappa shape index (κ3) is 4.62. The number of amides is 3. The topological polar surface area (TPSA) is 75.7 Å². The first-order valence-corrected chi connectivity index (χ1v) is 13.8. The van der Waals surface area contributed by atoms with Gasteiger partial charge in [0.1, 0.15) is 12.3 Å². The molecule has 6 nitrogen and oxygen atoms in total. The Bertz CT molecular complexity index is 1390. The lowest BCUT2D eigenvalue weighted by molar-refractivity contribution is -0.127. The van der Waals surface area contributed by atoms with Crippen molar-refractivity contribution >= 4 is 40.6 Å². The first-order valence-electron chi connectivity index (χ1n) is 13.0. The number of hydrogen-bond donors (Lipinski definition) is 1. The van der Waals surface area contributed by atoms with Gasteiger partial charge in [-0.3, -0.25) is 19.3 Å². The fourth-order valence-corrected chi connectivity index (χ4v) is 8.20. The van der Waals surface area contributed by atoms with E-state index in [2.05, 4.69) is 17.4 Å². The van der Waals surface area contributed by atoms with Gasteiger partial charge in [-0.1, -0.05) is 6.07 Å². The van der Waals surface area contributed by atoms with Gasteiger partial charge in [-0.25, -0.2) is 13.2 Å². The van der Waals surface area contributed by atoms with Crippen LogP contribution in [0.15, 0.2) is 35.2 Å². The van der Waals surface area contributed by atoms with Gasteiger partial charge in [-0.2, -0.15) is 0 Å². The number of rotatable bonds is 6. The minimum absolute atomic E-state index is 0.132. The van der Waals surface area contributed by atoms with Gasteiger partial charge in [0.2, 0.25) is 5.91 Å². The Labute approximate surface area is 228 Å². The van der Waals surface area contributed by atoms with E-state index in [1.807, 2.05) is 6.07 Å². The standard InChI is InChI=1S/C29H27F3N2O4S/c1-38-22-5-2-19(29-11-15-6-16(12-29)8-17(7-15)13-29)9-18(22)10-23-27(36)34(28(37)39-23)14-24(35)33-21-4-3-20(30)25(31)26(21)32/h2-5,9-10,15-17H,6-8,11-14H2,1H3,(H,33,35)/b23-10+. The molecule has 5 aliphatic rings. The molecule has 0 aromatic heterocycles. The summed E-state index contributed by atoms with van der Waals surface area (Å²) < 4.78 is 46.1. The molecule has 4 saturated carbocycles. The minimum atomic E-state index is -1.73. The van der Waals surface area contributed by atoms with Crippen molar-refractivity contribution in [2.24, 2.45) is 17.8 Å². The molecule has 0 spiro atoms. The van der Waals surface area contributed by atoms with E-state index in [9.17, 15) is 27.6 Å². The molecule has 4 aliphatic carbocycles. The maximum absolute atomic E-state index is 13.9. The van der Waals surface area contributed by atoms with E-state index in [1.54, 1.807) is 13.2 Å². The molecule has 1 saturated heterocycles. The summed E-state index contributed by atoms with van der Waals surface area (Å²) >= 11 is 0.696. The minimum Gasteiger partial charge on any atom is -0.496 e. The van der Waals surface area contributed by atoms with Gasteiger partial charge in [-0.15, -0.1) is 0 Å². The van der Waals surface area contributed by atoms with E-state index in [0.29, 0.717) is 29.1 Å². The van der Waals surface area contributed by atoms with Crippen LogP contribution < -0.4 is 10.1 Å². The van der Waals surface area contributed by atoms with Crippen LogP contribution in [0.3, 0.4) is 0 Å². The molecule has 39 heavy (non-hydrogen) atoms. The van der Waals surface area contributed by atoms with Crippen LogP contribution >= 0.6 is 11.8 Å². The molecule has 0 atom stereocenters. The molecule has 2 aromatic carbocycles. The molecular weight excluding hydrogens is 529 g/mol. The van der Waals surface area contributed by atoms with E-state index in [-0.39, 0.29) is 10.3 Å². The van der Waals surface area contributed by atoms with Crippen LogP contribution in [0.1, 0.15) is 49.7 Å². The fraction of sp³-hybridized carbons (Fsp3) is 0.414. The number of ether oxygens (including phenoxy) is 1. The summed E-state index contributed by atoms with van der Waals surface area (Å²) in [4.78, 5) is 39.0. The maximum Gasteiger partial charge on any atom is 0.294 e. The van der Waals surface area contributed by atoms with Crippen molar-refractivity contribution in [3.05, 3.63) is 63.8 Å². The molecule has 5 fully saturated rings. The number of nitrogens with zero attached hydrogens (tertiary/aromatic N) is 1. The lowest BCUT2D eigenvalue weighted by Crippen LogP contribution is -2.48. The highest BCUT2D eigenvalue weighted by molar-refractivity contribution is 8.18. The predicted molar refractivity (Wildman–Crippen MR) is 140 cm³/mol. The van der Waals surface area contributed by atoms with Crippen LogP contribution in [0.25, 0.3) is 6.08 Å². The van der Waals surface area contributed by atoms with E-state index in [1.165, 1.54) is 44.1 Å². The zero-order chi connectivity index (χ0) is 27.5. The van der Waals surface area contributed by atoms with Gasteiger partial charge in [0.15, 0.2) is 17.5 Å². The number of carbonyl (C=O) groups is 3. The Morgan fingerprint density at radius 2 is 1.72 bits per heavy atom. The number of methoxy groups -OCH3 is 1. The number of imide groups is 1. The van der Waals surface area contributed by atoms with Gasteiger partial charge in [0.25, 0.3) is 11.1 Å². The summed E-state index contributed by atoms with van der Waals surface area (Å²) in [5.41, 5.74) is 1.47. The van der Waals surface area contributed by atoms with E-state index < -0.39 is 46.7 Å². The third-order valence-corrected chi connectivity index (χ3v) is 9.56. The zero-order valence-corrected chi connectivity index (χ0v) is 22.1. The highest BCUT2D eigenvalue weighted by atomic mass is 32.2. The van der Waals surface area contributed by atoms with E-state index in [0.717, 1.165) is 28.7 Å². The fourth-order valence-electron chi connectivity index (χ4n) is 7.37. The van der Waals surface area contributed by atoms with Crippen LogP contribution in [-0.2, 0) is 15.0 Å². The van der Waals surface area contributed by atoms with Crippen LogP contribution in [0, 0.1) is 35.2 Å². The second-order valence-electron chi connectivity index (χ2n) is 11.2. The molecule has 0 unspecified atom stereocenters. The summed E-state index contributed by atoms with van der Waals surface area (Å²) in [6.45, 7) is -0.703. The Hall–Kier alpha value is -3.27. The second-order valence-corrected chi connectivity index (χ2v) is 12.2. The van der Waals surface area contributed by atoms with Gasteiger partial charge < -0.3 is 10.1 Å². The smallest absolute Gasteiger partial charge is 0.294 e. The molecule has 0 radical (unpaired) electrons. The highest BCUT2D eigenvalue weighted by Gasteiger charge is 2.51. The average Bonchev–Trinajstić information content (AvgIpc) is 3.15. The lowest BCUT2D eigenvalue weighted by Gasteiger charge is -2.57.